The molecule has 1 heterocycles. The molecule has 0 saturated carbocycles. The van der Waals surface area contributed by atoms with Crippen LogP contribution in [0.1, 0.15) is 26.7 Å². The fourth-order valence-electron chi connectivity index (χ4n) is 2.17. The molecule has 1 aliphatic rings. The van der Waals surface area contributed by atoms with Gasteiger partial charge in [0.05, 0.1) is 13.2 Å². The number of hydrogen-bond donors (Lipinski definition) is 3. The third kappa shape index (κ3) is 5.34. The van der Waals surface area contributed by atoms with Gasteiger partial charge in [0.1, 0.15) is 5.54 Å². The van der Waals surface area contributed by atoms with Crippen LogP contribution in [0, 0.1) is 0 Å². The highest BCUT2D eigenvalue weighted by molar-refractivity contribution is 5.85. The summed E-state index contributed by atoms with van der Waals surface area (Å²) in [5.74, 6) is -1.01. The summed E-state index contributed by atoms with van der Waals surface area (Å²) in [7, 11) is 0. The summed E-state index contributed by atoms with van der Waals surface area (Å²) in [5.41, 5.74) is -1.21. The lowest BCUT2D eigenvalue weighted by Crippen LogP contribution is -2.55. The summed E-state index contributed by atoms with van der Waals surface area (Å²) in [6.45, 7) is 7.83. The van der Waals surface area contributed by atoms with Crippen LogP contribution in [-0.2, 0) is 9.53 Å². The molecule has 1 atom stereocenters. The summed E-state index contributed by atoms with van der Waals surface area (Å²) < 4.78 is 5.24. The smallest absolute Gasteiger partial charge is 0.329 e. The Morgan fingerprint density at radius 2 is 2.00 bits per heavy atom. The SMILES string of the molecule is CCCC(C)(NC(=O)NCCN1CCOCC1)C(=O)O. The molecule has 0 radical (unpaired) electrons. The normalized spacial score (nSPS) is 19.1. The lowest BCUT2D eigenvalue weighted by Gasteiger charge is -2.28. The number of carboxylic acid groups (broad SMARTS) is 1. The van der Waals surface area contributed by atoms with Gasteiger partial charge >= 0.3 is 12.0 Å². The van der Waals surface area contributed by atoms with Gasteiger partial charge < -0.3 is 20.5 Å². The van der Waals surface area contributed by atoms with Crippen LogP contribution in [0.2, 0.25) is 0 Å². The Morgan fingerprint density at radius 3 is 2.55 bits per heavy atom. The Bertz CT molecular complexity index is 332. The molecule has 2 amide bonds. The van der Waals surface area contributed by atoms with Crippen molar-refractivity contribution in [3.05, 3.63) is 0 Å². The monoisotopic (exact) mass is 287 g/mol. The Kier molecular flexibility index (Phi) is 6.74. The molecule has 0 aromatic carbocycles. The molecule has 0 spiro atoms. The Hall–Kier alpha value is -1.34. The van der Waals surface area contributed by atoms with E-state index < -0.39 is 17.5 Å². The van der Waals surface area contributed by atoms with E-state index in [2.05, 4.69) is 15.5 Å². The van der Waals surface area contributed by atoms with E-state index in [0.717, 1.165) is 32.8 Å². The van der Waals surface area contributed by atoms with Crippen LogP contribution in [0.15, 0.2) is 0 Å². The summed E-state index contributed by atoms with van der Waals surface area (Å²) in [6, 6.07) is -0.434. The maximum atomic E-state index is 11.8. The van der Waals surface area contributed by atoms with Crippen molar-refractivity contribution in [2.24, 2.45) is 0 Å². The minimum absolute atomic E-state index is 0.402. The molecule has 20 heavy (non-hydrogen) atoms. The van der Waals surface area contributed by atoms with E-state index in [4.69, 9.17) is 4.74 Å². The van der Waals surface area contributed by atoms with Crippen molar-refractivity contribution in [1.29, 1.82) is 0 Å². The van der Waals surface area contributed by atoms with E-state index in [1.54, 1.807) is 0 Å². The number of rotatable bonds is 7. The van der Waals surface area contributed by atoms with Crippen LogP contribution in [0.4, 0.5) is 4.79 Å². The van der Waals surface area contributed by atoms with Gasteiger partial charge in [-0.2, -0.15) is 0 Å². The quantitative estimate of drug-likeness (QED) is 0.625. The molecule has 1 rings (SSSR count). The zero-order chi connectivity index (χ0) is 15.0. The molecule has 1 fully saturated rings. The number of amides is 2. The van der Waals surface area contributed by atoms with Crippen molar-refractivity contribution < 1.29 is 19.4 Å². The van der Waals surface area contributed by atoms with Crippen LogP contribution in [0.25, 0.3) is 0 Å². The van der Waals surface area contributed by atoms with Crippen LogP contribution >= 0.6 is 0 Å². The topological polar surface area (TPSA) is 90.9 Å². The van der Waals surface area contributed by atoms with Gasteiger partial charge in [0.2, 0.25) is 0 Å². The number of nitrogens with one attached hydrogen (secondary N) is 2. The van der Waals surface area contributed by atoms with Gasteiger partial charge in [-0.05, 0) is 13.3 Å². The lowest BCUT2D eigenvalue weighted by molar-refractivity contribution is -0.144. The molecule has 7 heteroatoms. The Balaban J connectivity index is 2.29. The molecule has 3 N–H and O–H groups in total. The second-order valence-electron chi connectivity index (χ2n) is 5.22. The van der Waals surface area contributed by atoms with Crippen molar-refractivity contribution >= 4 is 12.0 Å². The maximum absolute atomic E-state index is 11.8. The number of nitrogens with zero attached hydrogens (tertiary/aromatic N) is 1. The number of carbonyl (C=O) groups excluding carboxylic acids is 1. The van der Waals surface area contributed by atoms with Gasteiger partial charge in [-0.25, -0.2) is 9.59 Å². The van der Waals surface area contributed by atoms with Crippen LogP contribution in [0.5, 0.6) is 0 Å². The molecule has 7 nitrogen and oxygen atoms in total. The summed E-state index contributed by atoms with van der Waals surface area (Å²) in [4.78, 5) is 25.2. The van der Waals surface area contributed by atoms with Crippen LogP contribution < -0.4 is 10.6 Å². The first-order chi connectivity index (χ1) is 9.48. The van der Waals surface area contributed by atoms with Crippen molar-refractivity contribution in [3.8, 4) is 0 Å². The van der Waals surface area contributed by atoms with Crippen LogP contribution in [-0.4, -0.2) is 66.9 Å². The standard InChI is InChI=1S/C13H25N3O4/c1-3-4-13(2,11(17)18)15-12(19)14-5-6-16-7-9-20-10-8-16/h3-10H2,1-2H3,(H,17,18)(H2,14,15,19). The Labute approximate surface area is 119 Å². The third-order valence-electron chi connectivity index (χ3n) is 3.43. The van der Waals surface area contributed by atoms with Gasteiger partial charge in [-0.3, -0.25) is 4.90 Å². The van der Waals surface area contributed by atoms with E-state index in [9.17, 15) is 14.7 Å². The van der Waals surface area contributed by atoms with Gasteiger partial charge in [0.25, 0.3) is 0 Å². The molecule has 116 valence electrons. The maximum Gasteiger partial charge on any atom is 0.329 e. The average molecular weight is 287 g/mol. The van der Waals surface area contributed by atoms with Gasteiger partial charge in [0.15, 0.2) is 0 Å². The minimum atomic E-state index is -1.21. The molecular weight excluding hydrogens is 262 g/mol. The highest BCUT2D eigenvalue weighted by atomic mass is 16.5. The number of urea groups is 1. The number of carboxylic acids is 1. The highest BCUT2D eigenvalue weighted by Gasteiger charge is 2.33. The number of aliphatic carboxylic acids is 1. The van der Waals surface area contributed by atoms with Gasteiger partial charge in [0, 0.05) is 26.2 Å². The summed E-state index contributed by atoms with van der Waals surface area (Å²) in [6.07, 6.45) is 1.09. The number of ether oxygens (including phenoxy) is 1. The molecule has 1 saturated heterocycles. The van der Waals surface area contributed by atoms with Crippen molar-refractivity contribution in [2.75, 3.05) is 39.4 Å². The molecule has 0 aromatic rings. The second kappa shape index (κ2) is 8.06. The zero-order valence-corrected chi connectivity index (χ0v) is 12.3. The number of carbonyl (C=O) groups is 2. The van der Waals surface area contributed by atoms with Crippen molar-refractivity contribution in [1.82, 2.24) is 15.5 Å². The third-order valence-corrected chi connectivity index (χ3v) is 3.43. The molecular formula is C13H25N3O4. The number of hydrogen-bond acceptors (Lipinski definition) is 4. The molecule has 0 aliphatic carbocycles. The van der Waals surface area contributed by atoms with E-state index >= 15 is 0 Å². The lowest BCUT2D eigenvalue weighted by atomic mass is 9.97. The van der Waals surface area contributed by atoms with E-state index in [0.29, 0.717) is 19.4 Å². The predicted molar refractivity (Wildman–Crippen MR) is 74.7 cm³/mol. The highest BCUT2D eigenvalue weighted by Crippen LogP contribution is 2.12. The predicted octanol–water partition coefficient (Wildman–Crippen LogP) is 0.261. The minimum Gasteiger partial charge on any atom is -0.480 e. The second-order valence-corrected chi connectivity index (χ2v) is 5.22. The first-order valence-electron chi connectivity index (χ1n) is 7.07. The molecule has 1 unspecified atom stereocenters. The number of morpholine rings is 1. The van der Waals surface area contributed by atoms with E-state index in [1.807, 2.05) is 6.92 Å². The van der Waals surface area contributed by atoms with Crippen molar-refractivity contribution in [2.45, 2.75) is 32.2 Å². The molecule has 0 bridgehead atoms. The largest absolute Gasteiger partial charge is 0.480 e. The summed E-state index contributed by atoms with van der Waals surface area (Å²) in [5, 5.41) is 14.4. The van der Waals surface area contributed by atoms with E-state index in [-0.39, 0.29) is 0 Å². The first kappa shape index (κ1) is 16.7. The first-order valence-corrected chi connectivity index (χ1v) is 7.07. The average Bonchev–Trinajstić information content (AvgIpc) is 2.40. The molecule has 1 aliphatic heterocycles. The summed E-state index contributed by atoms with van der Waals surface area (Å²) >= 11 is 0. The fourth-order valence-corrected chi connectivity index (χ4v) is 2.17. The van der Waals surface area contributed by atoms with Gasteiger partial charge in [-0.1, -0.05) is 13.3 Å². The fraction of sp³-hybridized carbons (Fsp3) is 0.846. The van der Waals surface area contributed by atoms with Crippen molar-refractivity contribution in [3.63, 3.8) is 0 Å². The zero-order valence-electron chi connectivity index (χ0n) is 12.3. The van der Waals surface area contributed by atoms with E-state index in [1.165, 1.54) is 6.92 Å². The Morgan fingerprint density at radius 1 is 1.35 bits per heavy atom. The molecule has 0 aromatic heterocycles. The van der Waals surface area contributed by atoms with Crippen LogP contribution in [0.3, 0.4) is 0 Å². The van der Waals surface area contributed by atoms with Gasteiger partial charge in [-0.15, -0.1) is 0 Å².